The lowest BCUT2D eigenvalue weighted by Gasteiger charge is -2.54. The minimum Gasteiger partial charge on any atom is -0.461 e. The summed E-state index contributed by atoms with van der Waals surface area (Å²) >= 11 is 0. The van der Waals surface area contributed by atoms with Crippen molar-refractivity contribution < 1.29 is 42.2 Å². The normalized spacial score (nSPS) is 27.4. The predicted molar refractivity (Wildman–Crippen MR) is 146 cm³/mol. The second-order valence-corrected chi connectivity index (χ2v) is 22.6. The van der Waals surface area contributed by atoms with Gasteiger partial charge in [0.1, 0.15) is 18.8 Å². The third-order valence-electron chi connectivity index (χ3n) is 7.97. The van der Waals surface area contributed by atoms with Crippen LogP contribution in [0.1, 0.15) is 68.7 Å². The van der Waals surface area contributed by atoms with Crippen molar-refractivity contribution in [3.05, 3.63) is 0 Å². The summed E-state index contributed by atoms with van der Waals surface area (Å²) in [7, 11) is -3.26. The van der Waals surface area contributed by atoms with E-state index < -0.39 is 64.6 Å². The van der Waals surface area contributed by atoms with Crippen LogP contribution in [0.3, 0.4) is 0 Å². The summed E-state index contributed by atoms with van der Waals surface area (Å²) in [6, 6.07) is 0. The van der Waals surface area contributed by atoms with E-state index in [1.807, 2.05) is 0 Å². The van der Waals surface area contributed by atoms with Crippen LogP contribution < -0.4 is 0 Å². The van der Waals surface area contributed by atoms with Crippen molar-refractivity contribution in [2.24, 2.45) is 0 Å². The van der Waals surface area contributed by atoms with Gasteiger partial charge in [0.25, 0.3) is 0 Å². The molecule has 0 bridgehead atoms. The summed E-state index contributed by atoms with van der Waals surface area (Å²) in [6.07, 6.45) is -3.05. The Morgan fingerprint density at radius 1 is 0.784 bits per heavy atom. The molecule has 0 aromatic rings. The molecule has 5 atom stereocenters. The van der Waals surface area contributed by atoms with Crippen molar-refractivity contribution in [2.45, 2.75) is 135 Å². The van der Waals surface area contributed by atoms with Gasteiger partial charge in [-0.2, -0.15) is 0 Å². The minimum atomic E-state index is -2.48. The summed E-state index contributed by atoms with van der Waals surface area (Å²) in [6.45, 7) is 24.7. The molecule has 1 aliphatic rings. The zero-order chi connectivity index (χ0) is 29.2. The third kappa shape index (κ3) is 8.35. The number of carbonyl (C=O) groups is 3. The zero-order valence-corrected chi connectivity index (χ0v) is 27.4. The summed E-state index contributed by atoms with van der Waals surface area (Å²) in [5.41, 5.74) is -1.53. The Morgan fingerprint density at radius 2 is 1.27 bits per heavy atom. The van der Waals surface area contributed by atoms with Crippen LogP contribution in [0.15, 0.2) is 0 Å². The Bertz CT molecular complexity index is 829. The van der Waals surface area contributed by atoms with Crippen molar-refractivity contribution in [3.63, 3.8) is 0 Å². The summed E-state index contributed by atoms with van der Waals surface area (Å²) in [4.78, 5) is 36.7. The number of hydrogen-bond acceptors (Lipinski definition) is 9. The van der Waals surface area contributed by atoms with E-state index in [4.69, 9.17) is 27.8 Å². The lowest BCUT2D eigenvalue weighted by atomic mass is 9.77. The molecule has 0 amide bonds. The van der Waals surface area contributed by atoms with E-state index in [1.165, 1.54) is 20.8 Å². The van der Waals surface area contributed by atoms with Gasteiger partial charge in [0.2, 0.25) is 0 Å². The average molecular weight is 563 g/mol. The van der Waals surface area contributed by atoms with Gasteiger partial charge >= 0.3 is 17.9 Å². The van der Waals surface area contributed by atoms with Crippen LogP contribution in [0.5, 0.6) is 0 Å². The highest BCUT2D eigenvalue weighted by atomic mass is 28.4. The second kappa shape index (κ2) is 11.9. The Morgan fingerprint density at radius 3 is 1.65 bits per heavy atom. The number of carbonyl (C=O) groups excluding carboxylic acids is 3. The molecule has 1 fully saturated rings. The fraction of sp³-hybridized carbons (Fsp3) is 0.885. The number of hydrogen-bond donors (Lipinski definition) is 0. The van der Waals surface area contributed by atoms with E-state index in [0.717, 1.165) is 0 Å². The zero-order valence-electron chi connectivity index (χ0n) is 25.4. The summed E-state index contributed by atoms with van der Waals surface area (Å²) < 4.78 is 36.9. The van der Waals surface area contributed by atoms with Crippen LogP contribution in [-0.2, 0) is 42.2 Å². The highest BCUT2D eigenvalue weighted by Gasteiger charge is 2.62. The molecule has 1 rings (SSSR count). The van der Waals surface area contributed by atoms with Crippen molar-refractivity contribution in [2.75, 3.05) is 13.7 Å². The molecular weight excluding hydrogens is 512 g/mol. The maximum atomic E-state index is 12.4. The van der Waals surface area contributed by atoms with Crippen LogP contribution >= 0.6 is 0 Å². The maximum Gasteiger partial charge on any atom is 0.303 e. The number of esters is 3. The average Bonchev–Trinajstić information content (AvgIpc) is 2.66. The standard InChI is InChI=1S/C26H50O9Si2/c1-17(27)31-16-26(33-19(3)29)15-20(34-36(11,12)24(4,5)6)21(30-10)22(23(26)32-18(2)28)35-37(13,14)25(7,8)9/h20-23H,15-16H2,1-14H3/t20-,21+,22+,23+,26-/m1/s1. The fourth-order valence-corrected chi connectivity index (χ4v) is 6.60. The molecule has 0 N–H and O–H groups in total. The van der Waals surface area contributed by atoms with Gasteiger partial charge in [-0.05, 0) is 36.3 Å². The highest BCUT2D eigenvalue weighted by molar-refractivity contribution is 6.74. The van der Waals surface area contributed by atoms with Gasteiger partial charge in [-0.25, -0.2) is 0 Å². The van der Waals surface area contributed by atoms with Gasteiger partial charge in [0.15, 0.2) is 28.3 Å². The third-order valence-corrected chi connectivity index (χ3v) is 17.0. The van der Waals surface area contributed by atoms with Gasteiger partial charge in [0.05, 0.1) is 6.10 Å². The first kappa shape index (κ1) is 33.8. The highest BCUT2D eigenvalue weighted by Crippen LogP contribution is 2.46. The summed E-state index contributed by atoms with van der Waals surface area (Å²) in [5, 5.41) is -0.299. The van der Waals surface area contributed by atoms with E-state index in [1.54, 1.807) is 7.11 Å². The lowest BCUT2D eigenvalue weighted by Crippen LogP contribution is -2.71. The molecule has 0 saturated heterocycles. The molecule has 9 nitrogen and oxygen atoms in total. The lowest BCUT2D eigenvalue weighted by molar-refractivity contribution is -0.250. The topological polar surface area (TPSA) is 107 Å². The fourth-order valence-electron chi connectivity index (χ4n) is 3.99. The number of ether oxygens (including phenoxy) is 4. The minimum absolute atomic E-state index is 0.0974. The molecule has 0 unspecified atom stereocenters. The summed E-state index contributed by atoms with van der Waals surface area (Å²) in [5.74, 6) is -1.73. The molecule has 216 valence electrons. The van der Waals surface area contributed by atoms with Gasteiger partial charge in [-0.1, -0.05) is 41.5 Å². The molecule has 11 heteroatoms. The van der Waals surface area contributed by atoms with E-state index in [2.05, 4.69) is 67.7 Å². The van der Waals surface area contributed by atoms with Gasteiger partial charge in [0, 0.05) is 34.3 Å². The smallest absolute Gasteiger partial charge is 0.303 e. The van der Waals surface area contributed by atoms with Crippen LogP contribution in [0, 0.1) is 0 Å². The predicted octanol–water partition coefficient (Wildman–Crippen LogP) is 4.98. The molecule has 1 aliphatic carbocycles. The molecule has 0 spiro atoms. The molecule has 0 aromatic carbocycles. The van der Waals surface area contributed by atoms with E-state index >= 15 is 0 Å². The molecule has 1 saturated carbocycles. The van der Waals surface area contributed by atoms with Crippen LogP contribution in [0.25, 0.3) is 0 Å². The number of methoxy groups -OCH3 is 1. The van der Waals surface area contributed by atoms with Crippen molar-refractivity contribution >= 4 is 34.5 Å². The Balaban J connectivity index is 3.87. The van der Waals surface area contributed by atoms with E-state index in [9.17, 15) is 14.4 Å². The van der Waals surface area contributed by atoms with E-state index in [-0.39, 0.29) is 23.1 Å². The van der Waals surface area contributed by atoms with Gasteiger partial charge in [-0.15, -0.1) is 0 Å². The quantitative estimate of drug-likeness (QED) is 0.218. The first-order valence-corrected chi connectivity index (χ1v) is 18.7. The first-order chi connectivity index (χ1) is 16.5. The Kier molecular flexibility index (Phi) is 10.8. The van der Waals surface area contributed by atoms with E-state index in [0.29, 0.717) is 0 Å². The van der Waals surface area contributed by atoms with Crippen molar-refractivity contribution in [3.8, 4) is 0 Å². The largest absolute Gasteiger partial charge is 0.461 e. The molecule has 0 aliphatic heterocycles. The Labute approximate surface area is 225 Å². The van der Waals surface area contributed by atoms with Crippen molar-refractivity contribution in [1.29, 1.82) is 0 Å². The van der Waals surface area contributed by atoms with Crippen LogP contribution in [-0.4, -0.2) is 78.3 Å². The molecule has 37 heavy (non-hydrogen) atoms. The molecule has 0 radical (unpaired) electrons. The first-order valence-electron chi connectivity index (χ1n) is 12.9. The Hall–Kier alpha value is -1.28. The van der Waals surface area contributed by atoms with Gasteiger partial charge < -0.3 is 27.8 Å². The molecular formula is C26H50O9Si2. The molecule has 0 heterocycles. The van der Waals surface area contributed by atoms with Crippen LogP contribution in [0.2, 0.25) is 36.3 Å². The number of rotatable bonds is 9. The second-order valence-electron chi connectivity index (χ2n) is 13.1. The van der Waals surface area contributed by atoms with Crippen molar-refractivity contribution in [1.82, 2.24) is 0 Å². The van der Waals surface area contributed by atoms with Crippen LogP contribution in [0.4, 0.5) is 0 Å². The van der Waals surface area contributed by atoms with Gasteiger partial charge in [-0.3, -0.25) is 14.4 Å². The monoisotopic (exact) mass is 562 g/mol. The SMILES string of the molecule is CO[C@@H]1[C@H](O[Si](C)(C)C(C)(C)C)[C@H](OC(C)=O)[C@@](COC(C)=O)(OC(C)=O)C[C@H]1O[Si](C)(C)C(C)(C)C. The molecule has 0 aromatic heterocycles. The maximum absolute atomic E-state index is 12.4.